The molecular formula is C15H14N2O2S. The molecule has 20 heavy (non-hydrogen) atoms. The minimum absolute atomic E-state index is 0.657. The zero-order chi connectivity index (χ0) is 13.6. The molecule has 0 saturated carbocycles. The summed E-state index contributed by atoms with van der Waals surface area (Å²) in [7, 11) is 0. The summed E-state index contributed by atoms with van der Waals surface area (Å²) in [6.07, 6.45) is 2.36. The molecule has 102 valence electrons. The van der Waals surface area contributed by atoms with Crippen LogP contribution >= 0.6 is 11.8 Å². The molecule has 1 aromatic carbocycles. The van der Waals surface area contributed by atoms with Crippen molar-refractivity contribution in [3.63, 3.8) is 0 Å². The molecule has 0 bridgehead atoms. The fraction of sp³-hybridized carbons (Fsp3) is 0.200. The van der Waals surface area contributed by atoms with E-state index in [-0.39, 0.29) is 0 Å². The normalized spacial score (nSPS) is 10.8. The van der Waals surface area contributed by atoms with Gasteiger partial charge in [-0.1, -0.05) is 30.3 Å². The van der Waals surface area contributed by atoms with Crippen molar-refractivity contribution >= 4 is 11.8 Å². The predicted molar refractivity (Wildman–Crippen MR) is 77.3 cm³/mol. The highest BCUT2D eigenvalue weighted by molar-refractivity contribution is 7.97. The highest BCUT2D eigenvalue weighted by atomic mass is 32.2. The molecule has 0 aliphatic rings. The van der Waals surface area contributed by atoms with Gasteiger partial charge < -0.3 is 8.83 Å². The van der Waals surface area contributed by atoms with Gasteiger partial charge in [0.05, 0.1) is 24.2 Å². The lowest BCUT2D eigenvalue weighted by molar-refractivity contribution is 0.474. The molecule has 0 N–H and O–H groups in total. The van der Waals surface area contributed by atoms with Gasteiger partial charge in [0.1, 0.15) is 5.76 Å². The van der Waals surface area contributed by atoms with Crippen molar-refractivity contribution in [1.82, 2.24) is 10.2 Å². The molecule has 0 aliphatic carbocycles. The molecule has 3 aromatic rings. The van der Waals surface area contributed by atoms with E-state index in [4.69, 9.17) is 8.83 Å². The average molecular weight is 286 g/mol. The second-order valence-corrected chi connectivity index (χ2v) is 5.31. The Hall–Kier alpha value is -2.01. The highest BCUT2D eigenvalue weighted by Gasteiger charge is 2.07. The molecule has 0 spiro atoms. The maximum atomic E-state index is 5.63. The first-order valence-corrected chi connectivity index (χ1v) is 7.51. The number of rotatable bonds is 6. The Bertz CT molecular complexity index is 635. The van der Waals surface area contributed by atoms with Gasteiger partial charge in [-0.05, 0) is 17.7 Å². The van der Waals surface area contributed by atoms with Crippen molar-refractivity contribution in [2.24, 2.45) is 0 Å². The van der Waals surface area contributed by atoms with Crippen LogP contribution in [0.2, 0.25) is 0 Å². The fourth-order valence-corrected chi connectivity index (χ4v) is 2.58. The summed E-state index contributed by atoms with van der Waals surface area (Å²) in [5.74, 6) is 3.78. The largest absolute Gasteiger partial charge is 0.468 e. The maximum absolute atomic E-state index is 5.63. The molecule has 2 heterocycles. The molecule has 0 fully saturated rings. The van der Waals surface area contributed by atoms with E-state index < -0.39 is 0 Å². The highest BCUT2D eigenvalue weighted by Crippen LogP contribution is 2.18. The Morgan fingerprint density at radius 3 is 2.55 bits per heavy atom. The molecular weight excluding hydrogens is 272 g/mol. The van der Waals surface area contributed by atoms with E-state index in [1.54, 1.807) is 18.0 Å². The van der Waals surface area contributed by atoms with Crippen LogP contribution in [-0.4, -0.2) is 10.2 Å². The van der Waals surface area contributed by atoms with E-state index in [2.05, 4.69) is 22.3 Å². The number of hydrogen-bond acceptors (Lipinski definition) is 5. The van der Waals surface area contributed by atoms with Crippen molar-refractivity contribution in [2.75, 3.05) is 0 Å². The Labute approximate surface area is 121 Å². The standard InChI is InChI=1S/C15H14N2O2S/c1-2-5-12(6-3-1)9-14-16-17-15(19-14)11-20-10-13-7-4-8-18-13/h1-8H,9-11H2. The Kier molecular flexibility index (Phi) is 4.18. The first-order valence-electron chi connectivity index (χ1n) is 6.35. The van der Waals surface area contributed by atoms with Crippen LogP contribution in [0.15, 0.2) is 57.6 Å². The SMILES string of the molecule is c1ccc(Cc2nnc(CSCc3ccco3)o2)cc1. The number of furan rings is 1. The molecule has 4 nitrogen and oxygen atoms in total. The number of benzene rings is 1. The Morgan fingerprint density at radius 1 is 0.900 bits per heavy atom. The summed E-state index contributed by atoms with van der Waals surface area (Å²) in [5.41, 5.74) is 1.17. The monoisotopic (exact) mass is 286 g/mol. The van der Waals surface area contributed by atoms with Gasteiger partial charge in [-0.15, -0.1) is 22.0 Å². The van der Waals surface area contributed by atoms with Crippen molar-refractivity contribution < 1.29 is 8.83 Å². The number of aromatic nitrogens is 2. The molecule has 0 amide bonds. The molecule has 5 heteroatoms. The van der Waals surface area contributed by atoms with Gasteiger partial charge in [-0.25, -0.2) is 0 Å². The van der Waals surface area contributed by atoms with E-state index in [9.17, 15) is 0 Å². The first-order chi connectivity index (χ1) is 9.90. The first kappa shape index (κ1) is 13.0. The van der Waals surface area contributed by atoms with Crippen molar-refractivity contribution in [3.8, 4) is 0 Å². The van der Waals surface area contributed by atoms with E-state index in [1.807, 2.05) is 30.3 Å². The molecule has 2 aromatic heterocycles. The van der Waals surface area contributed by atoms with Crippen LogP contribution in [0.25, 0.3) is 0 Å². The van der Waals surface area contributed by atoms with Gasteiger partial charge in [0.25, 0.3) is 0 Å². The second-order valence-electron chi connectivity index (χ2n) is 4.32. The van der Waals surface area contributed by atoms with Gasteiger partial charge in [-0.2, -0.15) is 0 Å². The van der Waals surface area contributed by atoms with Crippen LogP contribution in [0.5, 0.6) is 0 Å². The lowest BCUT2D eigenvalue weighted by Gasteiger charge is -1.96. The van der Waals surface area contributed by atoms with E-state index in [0.29, 0.717) is 24.0 Å². The van der Waals surface area contributed by atoms with Crippen LogP contribution in [0.1, 0.15) is 23.1 Å². The predicted octanol–water partition coefficient (Wildman–Crippen LogP) is 3.69. The minimum Gasteiger partial charge on any atom is -0.468 e. The summed E-state index contributed by atoms with van der Waals surface area (Å²) in [4.78, 5) is 0. The van der Waals surface area contributed by atoms with E-state index in [0.717, 1.165) is 11.5 Å². The lowest BCUT2D eigenvalue weighted by atomic mass is 10.2. The summed E-state index contributed by atoms with van der Waals surface area (Å²) < 4.78 is 10.9. The van der Waals surface area contributed by atoms with Crippen LogP contribution in [0.3, 0.4) is 0 Å². The topological polar surface area (TPSA) is 52.1 Å². The average Bonchev–Trinajstić information content (AvgIpc) is 3.12. The molecule has 3 rings (SSSR count). The lowest BCUT2D eigenvalue weighted by Crippen LogP contribution is -1.87. The zero-order valence-corrected chi connectivity index (χ0v) is 11.7. The van der Waals surface area contributed by atoms with Crippen molar-refractivity contribution in [1.29, 1.82) is 0 Å². The number of nitrogens with zero attached hydrogens (tertiary/aromatic N) is 2. The fourth-order valence-electron chi connectivity index (χ4n) is 1.82. The van der Waals surface area contributed by atoms with Gasteiger partial charge in [0.15, 0.2) is 0 Å². The summed E-state index contributed by atoms with van der Waals surface area (Å²) in [6.45, 7) is 0. The third-order valence-corrected chi connectivity index (χ3v) is 3.70. The zero-order valence-electron chi connectivity index (χ0n) is 10.9. The number of hydrogen-bond donors (Lipinski definition) is 0. The van der Waals surface area contributed by atoms with E-state index >= 15 is 0 Å². The van der Waals surface area contributed by atoms with Crippen LogP contribution < -0.4 is 0 Å². The minimum atomic E-state index is 0.657. The molecule has 0 radical (unpaired) electrons. The smallest absolute Gasteiger partial charge is 0.226 e. The molecule has 0 aliphatic heterocycles. The Morgan fingerprint density at radius 2 is 1.75 bits per heavy atom. The molecule has 0 saturated heterocycles. The van der Waals surface area contributed by atoms with Gasteiger partial charge >= 0.3 is 0 Å². The summed E-state index contributed by atoms with van der Waals surface area (Å²) >= 11 is 1.69. The molecule has 0 unspecified atom stereocenters. The third kappa shape index (κ3) is 3.51. The van der Waals surface area contributed by atoms with Crippen molar-refractivity contribution in [3.05, 3.63) is 71.8 Å². The van der Waals surface area contributed by atoms with Crippen LogP contribution in [0, 0.1) is 0 Å². The van der Waals surface area contributed by atoms with Gasteiger partial charge in [0, 0.05) is 0 Å². The summed E-state index contributed by atoms with van der Waals surface area (Å²) in [6, 6.07) is 14.0. The Balaban J connectivity index is 1.52. The van der Waals surface area contributed by atoms with Gasteiger partial charge in [0.2, 0.25) is 11.8 Å². The summed E-state index contributed by atoms with van der Waals surface area (Å²) in [5, 5.41) is 8.14. The van der Waals surface area contributed by atoms with Crippen molar-refractivity contribution in [2.45, 2.75) is 17.9 Å². The second kappa shape index (κ2) is 6.43. The quantitative estimate of drug-likeness (QED) is 0.691. The van der Waals surface area contributed by atoms with Gasteiger partial charge in [-0.3, -0.25) is 0 Å². The molecule has 0 atom stereocenters. The number of thioether (sulfide) groups is 1. The van der Waals surface area contributed by atoms with Crippen LogP contribution in [-0.2, 0) is 17.9 Å². The van der Waals surface area contributed by atoms with Crippen LogP contribution in [0.4, 0.5) is 0 Å². The maximum Gasteiger partial charge on any atom is 0.226 e. The third-order valence-electron chi connectivity index (χ3n) is 2.76. The van der Waals surface area contributed by atoms with E-state index in [1.165, 1.54) is 5.56 Å².